The predicted octanol–water partition coefficient (Wildman–Crippen LogP) is 2.85. The molecule has 1 aliphatic carbocycles. The molecule has 0 atom stereocenters. The number of amides is 1. The van der Waals surface area contributed by atoms with Crippen LogP contribution in [0, 0.1) is 5.41 Å². The highest BCUT2D eigenvalue weighted by Crippen LogP contribution is 2.32. The summed E-state index contributed by atoms with van der Waals surface area (Å²) >= 11 is 0. The fraction of sp³-hybridized carbons (Fsp3) is 0.273. The molecule has 2 aromatic carbocycles. The molecular weight excluding hydrogens is 410 g/mol. The second kappa shape index (κ2) is 9.38. The molecule has 32 heavy (non-hydrogen) atoms. The zero-order valence-electron chi connectivity index (χ0n) is 17.6. The lowest BCUT2D eigenvalue weighted by Crippen LogP contribution is -2.41. The van der Waals surface area contributed by atoms with Crippen molar-refractivity contribution in [1.82, 2.24) is 20.5 Å². The van der Waals surface area contributed by atoms with Crippen LogP contribution in [0.1, 0.15) is 24.8 Å². The highest BCUT2D eigenvalue weighted by molar-refractivity contribution is 5.87. The van der Waals surface area contributed by atoms with E-state index in [1.807, 2.05) is 6.07 Å². The number of hydrogen-bond donors (Lipinski definition) is 5. The van der Waals surface area contributed by atoms with Gasteiger partial charge in [0, 0.05) is 34.8 Å². The van der Waals surface area contributed by atoms with E-state index in [9.17, 15) is 4.79 Å². The minimum absolute atomic E-state index is 0.0676. The van der Waals surface area contributed by atoms with Crippen LogP contribution in [-0.4, -0.2) is 47.1 Å². The van der Waals surface area contributed by atoms with E-state index >= 15 is 0 Å². The number of nitrogen functional groups attached to an aromatic ring is 1. The summed E-state index contributed by atoms with van der Waals surface area (Å²) in [7, 11) is 1.54. The number of H-pyrrole nitrogens is 1. The second-order valence-corrected chi connectivity index (χ2v) is 7.47. The van der Waals surface area contributed by atoms with Crippen LogP contribution >= 0.6 is 0 Å². The van der Waals surface area contributed by atoms with Gasteiger partial charge >= 0.3 is 0 Å². The maximum atomic E-state index is 12.0. The molecule has 0 aliphatic heterocycles. The number of methoxy groups -OCH3 is 1. The van der Waals surface area contributed by atoms with Crippen molar-refractivity contribution in [3.05, 3.63) is 42.0 Å². The van der Waals surface area contributed by atoms with E-state index in [2.05, 4.69) is 25.8 Å². The van der Waals surface area contributed by atoms with Gasteiger partial charge in [0.05, 0.1) is 7.11 Å². The molecule has 0 radical (unpaired) electrons. The van der Waals surface area contributed by atoms with Gasteiger partial charge in [0.25, 0.3) is 5.91 Å². The van der Waals surface area contributed by atoms with E-state index < -0.39 is 0 Å². The van der Waals surface area contributed by atoms with Gasteiger partial charge in [-0.2, -0.15) is 4.98 Å². The summed E-state index contributed by atoms with van der Waals surface area (Å²) in [6, 6.07) is 10.8. The number of benzene rings is 2. The summed E-state index contributed by atoms with van der Waals surface area (Å²) in [4.78, 5) is 16.4. The minimum atomic E-state index is -0.138. The smallest absolute Gasteiger partial charge is 0.258 e. The molecule has 6 N–H and O–H groups in total. The van der Waals surface area contributed by atoms with Crippen molar-refractivity contribution < 1.29 is 14.3 Å². The van der Waals surface area contributed by atoms with E-state index in [0.29, 0.717) is 40.2 Å². The Labute approximate surface area is 185 Å². The first-order valence-electron chi connectivity index (χ1n) is 10.3. The van der Waals surface area contributed by atoms with Gasteiger partial charge in [0.15, 0.2) is 23.9 Å². The molecule has 10 nitrogen and oxygen atoms in total. The van der Waals surface area contributed by atoms with E-state index in [1.165, 1.54) is 13.3 Å². The minimum Gasteiger partial charge on any atom is -0.493 e. The monoisotopic (exact) mass is 435 g/mol. The molecule has 0 bridgehead atoms. The number of aromatic amines is 1. The molecule has 3 aromatic rings. The third-order valence-corrected chi connectivity index (χ3v) is 5.25. The number of aromatic nitrogens is 3. The summed E-state index contributed by atoms with van der Waals surface area (Å²) in [5.41, 5.74) is 8.40. The number of rotatable bonds is 9. The second-order valence-electron chi connectivity index (χ2n) is 7.47. The lowest BCUT2D eigenvalue weighted by Gasteiger charge is -2.26. The molecule has 0 unspecified atom stereocenters. The van der Waals surface area contributed by atoms with Crippen molar-refractivity contribution in [1.29, 1.82) is 5.41 Å². The molecule has 1 heterocycles. The van der Waals surface area contributed by atoms with Crippen LogP contribution in [0.2, 0.25) is 0 Å². The topological polar surface area (TPSA) is 151 Å². The Kier molecular flexibility index (Phi) is 6.20. The summed E-state index contributed by atoms with van der Waals surface area (Å²) < 4.78 is 11.1. The summed E-state index contributed by atoms with van der Waals surface area (Å²) in [5.74, 6) is 1.72. The predicted molar refractivity (Wildman–Crippen MR) is 122 cm³/mol. The van der Waals surface area contributed by atoms with Gasteiger partial charge in [-0.05, 0) is 55.7 Å². The highest BCUT2D eigenvalue weighted by Gasteiger charge is 2.20. The Morgan fingerprint density at radius 3 is 2.84 bits per heavy atom. The first kappa shape index (κ1) is 21.2. The van der Waals surface area contributed by atoms with Gasteiger partial charge in [-0.3, -0.25) is 9.89 Å². The number of nitrogens with one attached hydrogen (secondary N) is 4. The molecule has 4 rings (SSSR count). The molecular formula is C22H25N7O3. The fourth-order valence-electron chi connectivity index (χ4n) is 3.25. The van der Waals surface area contributed by atoms with Crippen molar-refractivity contribution in [3.8, 4) is 22.9 Å². The van der Waals surface area contributed by atoms with Crippen LogP contribution in [0.4, 0.5) is 17.3 Å². The van der Waals surface area contributed by atoms with Crippen molar-refractivity contribution >= 4 is 29.4 Å². The lowest BCUT2D eigenvalue weighted by atomic mass is 9.93. The van der Waals surface area contributed by atoms with Crippen molar-refractivity contribution in [2.75, 3.05) is 24.8 Å². The molecule has 0 saturated heterocycles. The number of nitrogens with two attached hydrogens (primary N) is 1. The molecule has 0 spiro atoms. The average molecular weight is 435 g/mol. The van der Waals surface area contributed by atoms with Gasteiger partial charge in [-0.15, -0.1) is 5.10 Å². The summed E-state index contributed by atoms with van der Waals surface area (Å²) in [6.07, 6.45) is 4.40. The molecule has 166 valence electrons. The van der Waals surface area contributed by atoms with Crippen LogP contribution < -0.4 is 25.8 Å². The van der Waals surface area contributed by atoms with Crippen LogP contribution in [0.15, 0.2) is 36.4 Å². The first-order valence-corrected chi connectivity index (χ1v) is 10.3. The highest BCUT2D eigenvalue weighted by atomic mass is 16.5. The van der Waals surface area contributed by atoms with Gasteiger partial charge in [0.2, 0.25) is 5.95 Å². The van der Waals surface area contributed by atoms with E-state index in [-0.39, 0.29) is 18.6 Å². The van der Waals surface area contributed by atoms with Crippen molar-refractivity contribution in [3.63, 3.8) is 0 Å². The molecule has 10 heteroatoms. The number of hydrogen-bond acceptors (Lipinski definition) is 8. The summed E-state index contributed by atoms with van der Waals surface area (Å²) in [5, 5.41) is 20.5. The molecule has 1 aliphatic rings. The van der Waals surface area contributed by atoms with Crippen LogP contribution in [0.5, 0.6) is 11.5 Å². The zero-order valence-corrected chi connectivity index (χ0v) is 17.6. The fourth-order valence-corrected chi connectivity index (χ4v) is 3.25. The Bertz CT molecular complexity index is 1120. The first-order chi connectivity index (χ1) is 15.6. The van der Waals surface area contributed by atoms with Crippen molar-refractivity contribution in [2.45, 2.75) is 25.3 Å². The number of nitrogens with zero attached hydrogens (tertiary/aromatic N) is 2. The van der Waals surface area contributed by atoms with Gasteiger partial charge in [-0.1, -0.05) is 0 Å². The molecule has 1 amide bonds. The van der Waals surface area contributed by atoms with Gasteiger partial charge in [0.1, 0.15) is 0 Å². The quantitative estimate of drug-likeness (QED) is 0.256. The van der Waals surface area contributed by atoms with E-state index in [0.717, 1.165) is 24.8 Å². The largest absolute Gasteiger partial charge is 0.493 e. The SMILES string of the molecule is COc1cc(-c2nc(Nc3ccc(N)c(C=N)c3)n[nH]2)ccc1OCC(=O)NC1CCC1. The molecule has 1 aromatic heterocycles. The third kappa shape index (κ3) is 4.80. The zero-order chi connectivity index (χ0) is 22.5. The number of carbonyl (C=O) groups is 1. The van der Waals surface area contributed by atoms with Gasteiger partial charge in [-0.25, -0.2) is 0 Å². The molecule has 1 fully saturated rings. The Balaban J connectivity index is 1.43. The lowest BCUT2D eigenvalue weighted by molar-refractivity contribution is -0.124. The maximum Gasteiger partial charge on any atom is 0.258 e. The number of ether oxygens (including phenoxy) is 2. The number of anilines is 3. The Morgan fingerprint density at radius 1 is 1.28 bits per heavy atom. The Hall–Kier alpha value is -4.08. The third-order valence-electron chi connectivity index (χ3n) is 5.25. The van der Waals surface area contributed by atoms with Crippen molar-refractivity contribution in [2.24, 2.45) is 0 Å². The average Bonchev–Trinajstić information content (AvgIpc) is 3.24. The summed E-state index contributed by atoms with van der Waals surface area (Å²) in [6.45, 7) is -0.0676. The van der Waals surface area contributed by atoms with E-state index in [4.69, 9.17) is 20.6 Å². The van der Waals surface area contributed by atoms with Crippen LogP contribution in [-0.2, 0) is 4.79 Å². The normalized spacial score (nSPS) is 13.2. The maximum absolute atomic E-state index is 12.0. The van der Waals surface area contributed by atoms with E-state index in [1.54, 1.807) is 30.3 Å². The van der Waals surface area contributed by atoms with Gasteiger partial charge < -0.3 is 31.3 Å². The molecule has 1 saturated carbocycles. The number of carbonyl (C=O) groups excluding carboxylic acids is 1. The Morgan fingerprint density at radius 2 is 2.12 bits per heavy atom. The standard InChI is InChI=1S/C22H25N7O3/c1-31-19-10-13(5-8-18(19)32-12-20(30)25-15-3-2-4-15)21-27-22(29-28-21)26-16-6-7-17(24)14(9-16)11-23/h5-11,15,23H,2-4,12,24H2,1H3,(H,25,30)(H2,26,27,28,29). The van der Waals surface area contributed by atoms with Crippen LogP contribution in [0.3, 0.4) is 0 Å². The van der Waals surface area contributed by atoms with Crippen LogP contribution in [0.25, 0.3) is 11.4 Å².